The number of likely N-dealkylation sites (N-methyl/N-ethyl adjacent to an activating group) is 1. The molecule has 1 aromatic carbocycles. The number of carbonyl (C=O) groups is 1. The van der Waals surface area contributed by atoms with Gasteiger partial charge in [-0.25, -0.2) is 4.39 Å². The van der Waals surface area contributed by atoms with Crippen LogP contribution in [-0.4, -0.2) is 43.0 Å². The first kappa shape index (κ1) is 14.2. The van der Waals surface area contributed by atoms with Gasteiger partial charge in [-0.05, 0) is 38.1 Å². The lowest BCUT2D eigenvalue weighted by Crippen LogP contribution is -2.40. The lowest BCUT2D eigenvalue weighted by Gasteiger charge is -2.25. The molecule has 0 aromatic heterocycles. The van der Waals surface area contributed by atoms with Gasteiger partial charge >= 0.3 is 0 Å². The van der Waals surface area contributed by atoms with Gasteiger partial charge < -0.3 is 4.74 Å². The summed E-state index contributed by atoms with van der Waals surface area (Å²) in [7, 11) is 1.96. The van der Waals surface area contributed by atoms with Gasteiger partial charge in [0.1, 0.15) is 5.82 Å². The molecule has 0 saturated carbocycles. The largest absolute Gasteiger partial charge is 0.377 e. The van der Waals surface area contributed by atoms with Gasteiger partial charge in [0, 0.05) is 19.1 Å². The molecule has 2 atom stereocenters. The summed E-state index contributed by atoms with van der Waals surface area (Å²) in [5, 5.41) is 0. The number of ether oxygens (including phenoxy) is 1. The molecule has 1 aliphatic heterocycles. The molecule has 104 valence electrons. The molecule has 1 aliphatic rings. The van der Waals surface area contributed by atoms with Crippen molar-refractivity contribution in [2.45, 2.75) is 31.9 Å². The van der Waals surface area contributed by atoms with E-state index in [9.17, 15) is 9.18 Å². The van der Waals surface area contributed by atoms with Crippen LogP contribution in [0.15, 0.2) is 24.3 Å². The number of halogens is 1. The number of rotatable bonds is 5. The van der Waals surface area contributed by atoms with E-state index in [1.807, 2.05) is 14.0 Å². The minimum Gasteiger partial charge on any atom is -0.377 e. The first-order chi connectivity index (χ1) is 9.06. The van der Waals surface area contributed by atoms with Gasteiger partial charge in [-0.2, -0.15) is 0 Å². The topological polar surface area (TPSA) is 29.5 Å². The highest BCUT2D eigenvalue weighted by molar-refractivity contribution is 5.82. The first-order valence-electron chi connectivity index (χ1n) is 6.64. The van der Waals surface area contributed by atoms with Crippen molar-refractivity contribution >= 4 is 5.78 Å². The first-order valence-corrected chi connectivity index (χ1v) is 6.64. The summed E-state index contributed by atoms with van der Waals surface area (Å²) in [5.74, 6) is -0.126. The molecule has 4 heteroatoms. The summed E-state index contributed by atoms with van der Waals surface area (Å²) >= 11 is 0. The van der Waals surface area contributed by atoms with Crippen LogP contribution in [0.1, 0.15) is 18.9 Å². The standard InChI is InChI=1S/C15H20FNO2/c1-11-15(7-8-19-11)17(2)10-14(18)9-12-3-5-13(16)6-4-12/h3-6,11,15H,7-10H2,1-2H3. The minimum atomic E-state index is -0.273. The molecule has 3 nitrogen and oxygen atoms in total. The van der Waals surface area contributed by atoms with Crippen molar-refractivity contribution in [1.29, 1.82) is 0 Å². The van der Waals surface area contributed by atoms with E-state index in [0.29, 0.717) is 19.0 Å². The Morgan fingerprint density at radius 3 is 2.68 bits per heavy atom. The van der Waals surface area contributed by atoms with Gasteiger partial charge in [-0.3, -0.25) is 9.69 Å². The molecule has 19 heavy (non-hydrogen) atoms. The lowest BCUT2D eigenvalue weighted by molar-refractivity contribution is -0.119. The molecule has 0 aliphatic carbocycles. The van der Waals surface area contributed by atoms with E-state index in [1.165, 1.54) is 12.1 Å². The van der Waals surface area contributed by atoms with E-state index in [-0.39, 0.29) is 17.7 Å². The van der Waals surface area contributed by atoms with Crippen LogP contribution in [0.4, 0.5) is 4.39 Å². The number of carbonyl (C=O) groups excluding carboxylic acids is 1. The van der Waals surface area contributed by atoms with E-state index in [0.717, 1.165) is 18.6 Å². The van der Waals surface area contributed by atoms with Gasteiger partial charge in [0.25, 0.3) is 0 Å². The Morgan fingerprint density at radius 1 is 1.42 bits per heavy atom. The van der Waals surface area contributed by atoms with Crippen LogP contribution in [-0.2, 0) is 16.0 Å². The number of Topliss-reactive ketones (excluding diaryl/α,β-unsaturated/α-hetero) is 1. The number of nitrogens with zero attached hydrogens (tertiary/aromatic N) is 1. The van der Waals surface area contributed by atoms with Crippen molar-refractivity contribution in [3.05, 3.63) is 35.6 Å². The number of ketones is 1. The molecule has 1 fully saturated rings. The van der Waals surface area contributed by atoms with Crippen molar-refractivity contribution < 1.29 is 13.9 Å². The molecule has 1 saturated heterocycles. The van der Waals surface area contributed by atoms with E-state index in [4.69, 9.17) is 4.74 Å². The summed E-state index contributed by atoms with van der Waals surface area (Å²) in [5.41, 5.74) is 0.857. The number of benzene rings is 1. The maximum absolute atomic E-state index is 12.8. The Morgan fingerprint density at radius 2 is 2.11 bits per heavy atom. The molecule has 0 radical (unpaired) electrons. The van der Waals surface area contributed by atoms with Crippen molar-refractivity contribution in [1.82, 2.24) is 4.90 Å². The molecule has 1 aromatic rings. The molecular weight excluding hydrogens is 245 g/mol. The molecular formula is C15H20FNO2. The monoisotopic (exact) mass is 265 g/mol. The van der Waals surface area contributed by atoms with Crippen LogP contribution < -0.4 is 0 Å². The zero-order valence-corrected chi connectivity index (χ0v) is 11.4. The Hall–Kier alpha value is -1.26. The second-order valence-corrected chi connectivity index (χ2v) is 5.19. The van der Waals surface area contributed by atoms with Gasteiger partial charge in [0.15, 0.2) is 5.78 Å². The summed E-state index contributed by atoms with van der Waals surface area (Å²) in [6, 6.07) is 6.42. The average Bonchev–Trinajstić information content (AvgIpc) is 2.78. The van der Waals surface area contributed by atoms with Crippen LogP contribution in [0, 0.1) is 5.82 Å². The van der Waals surface area contributed by atoms with Gasteiger partial charge in [0.2, 0.25) is 0 Å². The van der Waals surface area contributed by atoms with Crippen molar-refractivity contribution in [2.24, 2.45) is 0 Å². The molecule has 0 amide bonds. The van der Waals surface area contributed by atoms with E-state index in [2.05, 4.69) is 4.90 Å². The third-order valence-electron chi connectivity index (χ3n) is 3.64. The molecule has 1 heterocycles. The van der Waals surface area contributed by atoms with E-state index < -0.39 is 0 Å². The molecule has 2 rings (SSSR count). The molecule has 0 spiro atoms. The smallest absolute Gasteiger partial charge is 0.151 e. The number of hydrogen-bond donors (Lipinski definition) is 0. The molecule has 0 bridgehead atoms. The van der Waals surface area contributed by atoms with Gasteiger partial charge in [-0.15, -0.1) is 0 Å². The predicted octanol–water partition coefficient (Wildman–Crippen LogP) is 2.05. The van der Waals surface area contributed by atoms with Gasteiger partial charge in [0.05, 0.1) is 12.6 Å². The summed E-state index contributed by atoms with van der Waals surface area (Å²) < 4.78 is 18.3. The maximum atomic E-state index is 12.8. The molecule has 2 unspecified atom stereocenters. The van der Waals surface area contributed by atoms with Crippen molar-refractivity contribution in [2.75, 3.05) is 20.2 Å². The lowest BCUT2D eigenvalue weighted by atomic mass is 10.1. The Bertz CT molecular complexity index is 432. The fraction of sp³-hybridized carbons (Fsp3) is 0.533. The van der Waals surface area contributed by atoms with Crippen LogP contribution in [0.2, 0.25) is 0 Å². The summed E-state index contributed by atoms with van der Waals surface area (Å²) in [4.78, 5) is 14.1. The van der Waals surface area contributed by atoms with Crippen molar-refractivity contribution in [3.63, 3.8) is 0 Å². The normalized spacial score (nSPS) is 22.9. The average molecular weight is 265 g/mol. The Kier molecular flexibility index (Phi) is 4.66. The Labute approximate surface area is 113 Å². The van der Waals surface area contributed by atoms with Crippen LogP contribution in [0.5, 0.6) is 0 Å². The van der Waals surface area contributed by atoms with Crippen LogP contribution in [0.3, 0.4) is 0 Å². The Balaban J connectivity index is 1.85. The maximum Gasteiger partial charge on any atom is 0.151 e. The van der Waals surface area contributed by atoms with E-state index in [1.54, 1.807) is 12.1 Å². The van der Waals surface area contributed by atoms with E-state index >= 15 is 0 Å². The zero-order valence-electron chi connectivity index (χ0n) is 11.4. The highest BCUT2D eigenvalue weighted by Gasteiger charge is 2.28. The fourth-order valence-corrected chi connectivity index (χ4v) is 2.58. The highest BCUT2D eigenvalue weighted by atomic mass is 19.1. The molecule has 0 N–H and O–H groups in total. The second-order valence-electron chi connectivity index (χ2n) is 5.19. The fourth-order valence-electron chi connectivity index (χ4n) is 2.58. The van der Waals surface area contributed by atoms with Crippen LogP contribution in [0.25, 0.3) is 0 Å². The highest BCUT2D eigenvalue weighted by Crippen LogP contribution is 2.18. The number of hydrogen-bond acceptors (Lipinski definition) is 3. The van der Waals surface area contributed by atoms with Crippen LogP contribution >= 0.6 is 0 Å². The predicted molar refractivity (Wildman–Crippen MR) is 71.6 cm³/mol. The third-order valence-corrected chi connectivity index (χ3v) is 3.64. The second kappa shape index (κ2) is 6.26. The SMILES string of the molecule is CC1OCCC1N(C)CC(=O)Cc1ccc(F)cc1. The van der Waals surface area contributed by atoms with Crippen molar-refractivity contribution in [3.8, 4) is 0 Å². The minimum absolute atomic E-state index is 0.146. The zero-order chi connectivity index (χ0) is 13.8. The summed E-state index contributed by atoms with van der Waals surface area (Å²) in [6.07, 6.45) is 1.51. The van der Waals surface area contributed by atoms with Gasteiger partial charge in [-0.1, -0.05) is 12.1 Å². The quantitative estimate of drug-likeness (QED) is 0.816. The third kappa shape index (κ3) is 3.85. The summed E-state index contributed by atoms with van der Waals surface area (Å²) in [6.45, 7) is 3.22.